The first-order chi connectivity index (χ1) is 5.31. The molecule has 1 spiro atoms. The molecule has 3 heteroatoms. The molecule has 2 rings (SSSR count). The first kappa shape index (κ1) is 7.53. The minimum absolute atomic E-state index is 0.0949. The van der Waals surface area contributed by atoms with Gasteiger partial charge in [0.25, 0.3) is 0 Å². The molecule has 2 aliphatic heterocycles. The minimum Gasteiger partial charge on any atom is -0.381 e. The van der Waals surface area contributed by atoms with E-state index < -0.39 is 0 Å². The van der Waals surface area contributed by atoms with Gasteiger partial charge in [-0.1, -0.05) is 0 Å². The Bertz CT molecular complexity index is 138. The number of nitrogens with two attached hydrogens (primary N) is 1. The normalized spacial score (nSPS) is 36.3. The van der Waals surface area contributed by atoms with Crippen molar-refractivity contribution in [1.82, 2.24) is 0 Å². The zero-order valence-electron chi connectivity index (χ0n) is 6.71. The average Bonchev–Trinajstić information content (AvgIpc) is 2.34. The van der Waals surface area contributed by atoms with Gasteiger partial charge in [-0.2, -0.15) is 0 Å². The Labute approximate surface area is 66.8 Å². The molecule has 0 aromatic heterocycles. The third-order valence-corrected chi connectivity index (χ3v) is 2.64. The quantitative estimate of drug-likeness (QED) is 0.549. The van der Waals surface area contributed by atoms with Gasteiger partial charge in [0.2, 0.25) is 0 Å². The maximum absolute atomic E-state index is 5.77. The first-order valence-corrected chi connectivity index (χ1v) is 4.28. The summed E-state index contributed by atoms with van der Waals surface area (Å²) in [5.74, 6) is 0. The van der Waals surface area contributed by atoms with Gasteiger partial charge >= 0.3 is 0 Å². The first-order valence-electron chi connectivity index (χ1n) is 4.28. The summed E-state index contributed by atoms with van der Waals surface area (Å²) in [6.45, 7) is 2.42. The predicted molar refractivity (Wildman–Crippen MR) is 41.3 cm³/mol. The lowest BCUT2D eigenvalue weighted by Crippen LogP contribution is -2.36. The van der Waals surface area contributed by atoms with Crippen molar-refractivity contribution in [3.63, 3.8) is 0 Å². The summed E-state index contributed by atoms with van der Waals surface area (Å²) < 4.78 is 11.0. The zero-order valence-corrected chi connectivity index (χ0v) is 6.71. The fourth-order valence-corrected chi connectivity index (χ4v) is 1.97. The fraction of sp³-hybridized carbons (Fsp3) is 1.00. The zero-order chi connectivity index (χ0) is 7.73. The van der Waals surface area contributed by atoms with Crippen LogP contribution < -0.4 is 5.73 Å². The van der Waals surface area contributed by atoms with E-state index in [2.05, 4.69) is 0 Å². The highest BCUT2D eigenvalue weighted by Gasteiger charge is 2.40. The summed E-state index contributed by atoms with van der Waals surface area (Å²) in [6, 6.07) is 0.257. The number of ether oxygens (including phenoxy) is 2. The summed E-state index contributed by atoms with van der Waals surface area (Å²) in [6.07, 6.45) is 3.08. The van der Waals surface area contributed by atoms with Crippen LogP contribution in [0, 0.1) is 0 Å². The monoisotopic (exact) mass is 157 g/mol. The van der Waals surface area contributed by atoms with E-state index in [1.165, 1.54) is 0 Å². The van der Waals surface area contributed by atoms with Gasteiger partial charge in [0.1, 0.15) is 0 Å². The van der Waals surface area contributed by atoms with Gasteiger partial charge < -0.3 is 15.2 Å². The molecule has 2 N–H and O–H groups in total. The molecule has 1 atom stereocenters. The molecular formula is C8H15NO2. The third-order valence-electron chi connectivity index (χ3n) is 2.64. The summed E-state index contributed by atoms with van der Waals surface area (Å²) in [5, 5.41) is 0. The molecule has 0 amide bonds. The van der Waals surface area contributed by atoms with Crippen molar-refractivity contribution in [3.05, 3.63) is 0 Å². The number of hydrogen-bond acceptors (Lipinski definition) is 3. The van der Waals surface area contributed by atoms with E-state index in [1.807, 2.05) is 0 Å². The Morgan fingerprint density at radius 1 is 1.27 bits per heavy atom. The van der Waals surface area contributed by atoms with Gasteiger partial charge in [-0.3, -0.25) is 0 Å². The van der Waals surface area contributed by atoms with Crippen molar-refractivity contribution in [3.8, 4) is 0 Å². The summed E-state index contributed by atoms with van der Waals surface area (Å²) in [4.78, 5) is 0. The minimum atomic E-state index is 0.0949. The van der Waals surface area contributed by atoms with Crippen molar-refractivity contribution < 1.29 is 9.47 Å². The summed E-state index contributed by atoms with van der Waals surface area (Å²) in [7, 11) is 0. The molecule has 0 radical (unpaired) electrons. The molecule has 0 aromatic carbocycles. The van der Waals surface area contributed by atoms with Gasteiger partial charge in [0, 0.05) is 19.3 Å². The van der Waals surface area contributed by atoms with Crippen LogP contribution in [0.15, 0.2) is 0 Å². The van der Waals surface area contributed by atoms with Gasteiger partial charge in [-0.05, 0) is 19.3 Å². The van der Waals surface area contributed by atoms with Crippen molar-refractivity contribution in [2.75, 3.05) is 19.8 Å². The summed E-state index contributed by atoms with van der Waals surface area (Å²) in [5.41, 5.74) is 5.87. The van der Waals surface area contributed by atoms with Gasteiger partial charge in [-0.25, -0.2) is 0 Å². The largest absolute Gasteiger partial charge is 0.381 e. The molecule has 2 saturated heterocycles. The van der Waals surface area contributed by atoms with Crippen molar-refractivity contribution in [2.24, 2.45) is 5.73 Å². The molecule has 0 aromatic rings. The fourth-order valence-electron chi connectivity index (χ4n) is 1.97. The van der Waals surface area contributed by atoms with Gasteiger partial charge in [0.15, 0.2) is 0 Å². The maximum Gasteiger partial charge on any atom is 0.0742 e. The van der Waals surface area contributed by atoms with Crippen LogP contribution in [0.3, 0.4) is 0 Å². The van der Waals surface area contributed by atoms with Crippen LogP contribution in [-0.4, -0.2) is 31.5 Å². The molecule has 11 heavy (non-hydrogen) atoms. The molecule has 64 valence electrons. The van der Waals surface area contributed by atoms with Crippen LogP contribution in [0.25, 0.3) is 0 Å². The SMILES string of the molecule is NC1COC2(CCOCC2)C1. The van der Waals surface area contributed by atoms with Crippen LogP contribution in [0.2, 0.25) is 0 Å². The van der Waals surface area contributed by atoms with E-state index in [1.54, 1.807) is 0 Å². The molecule has 0 aliphatic carbocycles. The van der Waals surface area contributed by atoms with Crippen LogP contribution in [-0.2, 0) is 9.47 Å². The highest BCUT2D eigenvalue weighted by Crippen LogP contribution is 2.34. The summed E-state index contributed by atoms with van der Waals surface area (Å²) >= 11 is 0. The second-order valence-corrected chi connectivity index (χ2v) is 3.57. The Balaban J connectivity index is 1.98. The van der Waals surface area contributed by atoms with E-state index in [9.17, 15) is 0 Å². The Morgan fingerprint density at radius 3 is 2.55 bits per heavy atom. The van der Waals surface area contributed by atoms with E-state index >= 15 is 0 Å². The number of hydrogen-bond donors (Lipinski definition) is 1. The van der Waals surface area contributed by atoms with Crippen LogP contribution >= 0.6 is 0 Å². The second-order valence-electron chi connectivity index (χ2n) is 3.57. The lowest BCUT2D eigenvalue weighted by atomic mass is 9.90. The number of rotatable bonds is 0. The predicted octanol–water partition coefficient (Wildman–Crippen LogP) is 0.283. The van der Waals surface area contributed by atoms with E-state index in [0.29, 0.717) is 0 Å². The Hall–Kier alpha value is -0.120. The molecule has 1 unspecified atom stereocenters. The van der Waals surface area contributed by atoms with Gasteiger partial charge in [-0.15, -0.1) is 0 Å². The smallest absolute Gasteiger partial charge is 0.0742 e. The standard InChI is InChI=1S/C8H15NO2/c9-7-5-8(11-6-7)1-3-10-4-2-8/h7H,1-6,9H2. The van der Waals surface area contributed by atoms with Crippen LogP contribution in [0.5, 0.6) is 0 Å². The Kier molecular flexibility index (Phi) is 1.87. The van der Waals surface area contributed by atoms with Crippen LogP contribution in [0.4, 0.5) is 0 Å². The molecule has 2 fully saturated rings. The molecule has 0 saturated carbocycles. The molecule has 2 heterocycles. The molecular weight excluding hydrogens is 142 g/mol. The molecule has 2 aliphatic rings. The maximum atomic E-state index is 5.77. The van der Waals surface area contributed by atoms with Gasteiger partial charge in [0.05, 0.1) is 12.2 Å². The van der Waals surface area contributed by atoms with Crippen LogP contribution in [0.1, 0.15) is 19.3 Å². The third kappa shape index (κ3) is 1.41. The highest BCUT2D eigenvalue weighted by atomic mass is 16.5. The molecule has 0 bridgehead atoms. The topological polar surface area (TPSA) is 44.5 Å². The van der Waals surface area contributed by atoms with Crippen molar-refractivity contribution >= 4 is 0 Å². The Morgan fingerprint density at radius 2 is 2.00 bits per heavy atom. The van der Waals surface area contributed by atoms with E-state index in [-0.39, 0.29) is 11.6 Å². The van der Waals surface area contributed by atoms with Crippen molar-refractivity contribution in [2.45, 2.75) is 30.9 Å². The van der Waals surface area contributed by atoms with E-state index in [4.69, 9.17) is 15.2 Å². The lowest BCUT2D eigenvalue weighted by Gasteiger charge is -2.32. The highest BCUT2D eigenvalue weighted by molar-refractivity contribution is 4.92. The van der Waals surface area contributed by atoms with E-state index in [0.717, 1.165) is 39.1 Å². The molecule has 3 nitrogen and oxygen atoms in total. The average molecular weight is 157 g/mol. The van der Waals surface area contributed by atoms with Crippen molar-refractivity contribution in [1.29, 1.82) is 0 Å². The second kappa shape index (κ2) is 2.73. The lowest BCUT2D eigenvalue weighted by molar-refractivity contribution is -0.0776.